The molecule has 2 unspecified atom stereocenters. The number of rotatable bonds is 5. The fourth-order valence-corrected chi connectivity index (χ4v) is 6.51. The number of alkyl halides is 3. The summed E-state index contributed by atoms with van der Waals surface area (Å²) in [5.41, 5.74) is -0.846. The zero-order valence-electron chi connectivity index (χ0n) is 22.8. The molecule has 2 aromatic heterocycles. The molecule has 5 heterocycles. The lowest BCUT2D eigenvalue weighted by atomic mass is 9.89. The van der Waals surface area contributed by atoms with Crippen molar-refractivity contribution in [2.75, 3.05) is 38.2 Å². The van der Waals surface area contributed by atoms with Crippen molar-refractivity contribution in [3.05, 3.63) is 47.9 Å². The van der Waals surface area contributed by atoms with Crippen LogP contribution in [-0.2, 0) is 0 Å². The first-order valence-electron chi connectivity index (χ1n) is 13.9. The van der Waals surface area contributed by atoms with Crippen LogP contribution in [0.5, 0.6) is 11.8 Å². The molecule has 7 rings (SSSR count). The van der Waals surface area contributed by atoms with Gasteiger partial charge in [-0.05, 0) is 43.5 Å². The predicted molar refractivity (Wildman–Crippen MR) is 145 cm³/mol. The van der Waals surface area contributed by atoms with Gasteiger partial charge >= 0.3 is 12.2 Å². The molecule has 3 aliphatic heterocycles. The van der Waals surface area contributed by atoms with Gasteiger partial charge in [-0.3, -0.25) is 9.88 Å². The maximum Gasteiger partial charge on any atom is 0.394 e. The number of phenols is 1. The minimum atomic E-state index is -4.40. The molecular formula is C29H26F6N6O2. The average molecular weight is 605 g/mol. The van der Waals surface area contributed by atoms with E-state index >= 15 is 4.39 Å². The van der Waals surface area contributed by atoms with Crippen molar-refractivity contribution in [1.82, 2.24) is 25.2 Å². The second-order valence-electron chi connectivity index (χ2n) is 11.5. The normalized spacial score (nSPS) is 24.1. The molecule has 2 bridgehead atoms. The number of aromatic nitrogens is 3. The molecule has 3 saturated heterocycles. The molecule has 2 aromatic carbocycles. The summed E-state index contributed by atoms with van der Waals surface area (Å²) >= 11 is 0. The van der Waals surface area contributed by atoms with Crippen LogP contribution in [0.15, 0.2) is 30.5 Å². The SMILES string of the molecule is CN1C[C@@H](C(F)(F)F)[C@H]1COc1nc(N2CC3CCC(C2)N3)c2cnc(-c3cc(O)cc4ccc(F)c(F)c34)c(F)c2n1. The number of aromatic hydroxyl groups is 1. The molecule has 0 spiro atoms. The molecule has 3 fully saturated rings. The first-order valence-corrected chi connectivity index (χ1v) is 13.9. The quantitative estimate of drug-likeness (QED) is 0.315. The van der Waals surface area contributed by atoms with E-state index in [0.717, 1.165) is 25.0 Å². The first-order chi connectivity index (χ1) is 20.5. The topological polar surface area (TPSA) is 86.6 Å². The number of halogens is 6. The van der Waals surface area contributed by atoms with Gasteiger partial charge in [0.05, 0.1) is 17.3 Å². The highest BCUT2D eigenvalue weighted by molar-refractivity contribution is 6.00. The van der Waals surface area contributed by atoms with Crippen molar-refractivity contribution in [2.45, 2.75) is 37.1 Å². The molecule has 0 amide bonds. The standard InChI is InChI=1S/C29H26F6N6O2/c1-40-11-19(29(33,34)35)21(40)12-43-28-38-26-18(27(39-28)41-9-14-3-4-15(10-41)37-14)8-36-25(24(26)32)17-7-16(42)6-13-2-5-20(30)23(31)22(13)17/h2,5-8,14-15,19,21,37,42H,3-4,9-12H2,1H3/t14?,15?,19-,21-/m1/s1. The molecule has 4 atom stereocenters. The van der Waals surface area contributed by atoms with E-state index < -0.39 is 41.3 Å². The van der Waals surface area contributed by atoms with Gasteiger partial charge in [-0.1, -0.05) is 6.07 Å². The lowest BCUT2D eigenvalue weighted by Crippen LogP contribution is -2.61. The number of ether oxygens (including phenoxy) is 1. The maximum atomic E-state index is 16.4. The van der Waals surface area contributed by atoms with Crippen LogP contribution in [0.1, 0.15) is 12.8 Å². The van der Waals surface area contributed by atoms with E-state index in [1.807, 2.05) is 4.90 Å². The Labute approximate surface area is 241 Å². The predicted octanol–water partition coefficient (Wildman–Crippen LogP) is 4.78. The van der Waals surface area contributed by atoms with Crippen molar-refractivity contribution in [1.29, 1.82) is 0 Å². The van der Waals surface area contributed by atoms with E-state index in [9.17, 15) is 27.1 Å². The van der Waals surface area contributed by atoms with Gasteiger partial charge in [0, 0.05) is 48.9 Å². The first kappa shape index (κ1) is 27.9. The van der Waals surface area contributed by atoms with E-state index in [2.05, 4.69) is 20.3 Å². The largest absolute Gasteiger partial charge is 0.508 e. The van der Waals surface area contributed by atoms with Gasteiger partial charge in [0.1, 0.15) is 29.4 Å². The number of piperazine rings is 1. The molecule has 2 N–H and O–H groups in total. The van der Waals surface area contributed by atoms with Gasteiger partial charge in [-0.15, -0.1) is 0 Å². The summed E-state index contributed by atoms with van der Waals surface area (Å²) in [7, 11) is 1.55. The van der Waals surface area contributed by atoms with Crippen molar-refractivity contribution in [3.63, 3.8) is 0 Å². The number of pyridine rings is 1. The fraction of sp³-hybridized carbons (Fsp3) is 0.414. The number of hydrogen-bond donors (Lipinski definition) is 2. The number of nitrogens with zero attached hydrogens (tertiary/aromatic N) is 5. The lowest BCUT2D eigenvalue weighted by molar-refractivity contribution is -0.230. The Morgan fingerprint density at radius 2 is 1.77 bits per heavy atom. The minimum Gasteiger partial charge on any atom is -0.508 e. The Balaban J connectivity index is 1.35. The average Bonchev–Trinajstić information content (AvgIpc) is 3.29. The Morgan fingerprint density at radius 3 is 2.47 bits per heavy atom. The monoisotopic (exact) mass is 604 g/mol. The lowest BCUT2D eigenvalue weighted by Gasteiger charge is -2.46. The van der Waals surface area contributed by atoms with Crippen LogP contribution in [0.25, 0.3) is 32.9 Å². The van der Waals surface area contributed by atoms with Crippen LogP contribution >= 0.6 is 0 Å². The van der Waals surface area contributed by atoms with Gasteiger partial charge < -0.3 is 20.1 Å². The molecule has 3 aliphatic rings. The zero-order valence-corrected chi connectivity index (χ0v) is 22.8. The van der Waals surface area contributed by atoms with Gasteiger partial charge in [-0.25, -0.2) is 13.2 Å². The van der Waals surface area contributed by atoms with Crippen molar-refractivity contribution < 1.29 is 36.2 Å². The third-order valence-corrected chi connectivity index (χ3v) is 8.73. The molecule has 0 aliphatic carbocycles. The molecule has 0 saturated carbocycles. The molecule has 0 radical (unpaired) electrons. The molecule has 4 aromatic rings. The molecule has 226 valence electrons. The van der Waals surface area contributed by atoms with Crippen LogP contribution in [-0.4, -0.2) is 82.5 Å². The Hall–Kier alpha value is -3.91. The van der Waals surface area contributed by atoms with Crippen LogP contribution in [0.2, 0.25) is 0 Å². The molecule has 14 heteroatoms. The fourth-order valence-electron chi connectivity index (χ4n) is 6.51. The highest BCUT2D eigenvalue weighted by atomic mass is 19.4. The second-order valence-corrected chi connectivity index (χ2v) is 11.5. The summed E-state index contributed by atoms with van der Waals surface area (Å²) in [5.74, 6) is -4.99. The smallest absolute Gasteiger partial charge is 0.394 e. The number of nitrogens with one attached hydrogen (secondary N) is 1. The minimum absolute atomic E-state index is 0.128. The maximum absolute atomic E-state index is 16.4. The number of likely N-dealkylation sites (tertiary alicyclic amines) is 1. The van der Waals surface area contributed by atoms with Crippen molar-refractivity contribution >= 4 is 27.5 Å². The number of benzene rings is 2. The summed E-state index contributed by atoms with van der Waals surface area (Å²) in [4.78, 5) is 16.5. The van der Waals surface area contributed by atoms with Crippen LogP contribution < -0.4 is 15.0 Å². The third-order valence-electron chi connectivity index (χ3n) is 8.73. The van der Waals surface area contributed by atoms with Crippen LogP contribution in [0.4, 0.5) is 32.2 Å². The van der Waals surface area contributed by atoms with Crippen LogP contribution in [0.3, 0.4) is 0 Å². The number of hydrogen-bond acceptors (Lipinski definition) is 8. The van der Waals surface area contributed by atoms with E-state index in [1.54, 1.807) is 7.05 Å². The number of likely N-dealkylation sites (N-methyl/N-ethyl adjacent to an activating group) is 1. The van der Waals surface area contributed by atoms with Gasteiger partial charge in [0.25, 0.3) is 0 Å². The van der Waals surface area contributed by atoms with Crippen molar-refractivity contribution in [3.8, 4) is 23.0 Å². The highest BCUT2D eigenvalue weighted by Gasteiger charge is 2.53. The van der Waals surface area contributed by atoms with E-state index in [-0.39, 0.29) is 64.2 Å². The number of fused-ring (bicyclic) bond motifs is 4. The van der Waals surface area contributed by atoms with E-state index in [4.69, 9.17) is 4.74 Å². The zero-order chi connectivity index (χ0) is 30.2. The highest BCUT2D eigenvalue weighted by Crippen LogP contribution is 2.40. The summed E-state index contributed by atoms with van der Waals surface area (Å²) in [5, 5.41) is 13.9. The summed E-state index contributed by atoms with van der Waals surface area (Å²) in [6.45, 7) is 0.562. The van der Waals surface area contributed by atoms with Crippen LogP contribution in [0, 0.1) is 23.4 Å². The third kappa shape index (κ3) is 4.76. The summed E-state index contributed by atoms with van der Waals surface area (Å²) < 4.78 is 91.6. The molecule has 43 heavy (non-hydrogen) atoms. The second kappa shape index (κ2) is 10.1. The Kier molecular flexibility index (Phi) is 6.54. The number of anilines is 1. The Bertz CT molecular complexity index is 1740. The number of phenolic OH excluding ortho intramolecular Hbond substituents is 1. The summed E-state index contributed by atoms with van der Waals surface area (Å²) in [6.07, 6.45) is -1.18. The van der Waals surface area contributed by atoms with Crippen molar-refractivity contribution in [2.24, 2.45) is 5.92 Å². The molecular weight excluding hydrogens is 578 g/mol. The molecule has 8 nitrogen and oxygen atoms in total. The van der Waals surface area contributed by atoms with E-state index in [0.29, 0.717) is 18.9 Å². The Morgan fingerprint density at radius 1 is 1.02 bits per heavy atom. The van der Waals surface area contributed by atoms with Gasteiger partial charge in [0.2, 0.25) is 0 Å². The van der Waals surface area contributed by atoms with E-state index in [1.165, 1.54) is 23.2 Å². The summed E-state index contributed by atoms with van der Waals surface area (Å²) in [6, 6.07) is 3.53. The van der Waals surface area contributed by atoms with Gasteiger partial charge in [-0.2, -0.15) is 23.1 Å². The van der Waals surface area contributed by atoms with Gasteiger partial charge in [0.15, 0.2) is 17.5 Å².